The van der Waals surface area contributed by atoms with Gasteiger partial charge < -0.3 is 0 Å². The van der Waals surface area contributed by atoms with Crippen molar-refractivity contribution in [2.24, 2.45) is 5.92 Å². The van der Waals surface area contributed by atoms with Crippen molar-refractivity contribution in [2.75, 3.05) is 0 Å². The minimum absolute atomic E-state index is 0.777. The molecule has 15 heavy (non-hydrogen) atoms. The summed E-state index contributed by atoms with van der Waals surface area (Å²) in [7, 11) is 0. The van der Waals surface area contributed by atoms with Crippen LogP contribution in [-0.2, 0) is 6.42 Å². The molecule has 1 rings (SSSR count). The van der Waals surface area contributed by atoms with E-state index in [9.17, 15) is 0 Å². The summed E-state index contributed by atoms with van der Waals surface area (Å²) in [6.45, 7) is 4.52. The SMILES string of the molecule is CC(C)CCc1ccc(C=CC=S)cc1. The van der Waals surface area contributed by atoms with Crippen molar-refractivity contribution >= 4 is 23.7 Å². The van der Waals surface area contributed by atoms with Crippen LogP contribution in [0.4, 0.5) is 0 Å². The molecule has 0 atom stereocenters. The van der Waals surface area contributed by atoms with Crippen LogP contribution in [0.2, 0.25) is 0 Å². The molecule has 80 valence electrons. The largest absolute Gasteiger partial charge is 0.0887 e. The molecule has 0 amide bonds. The van der Waals surface area contributed by atoms with Crippen molar-refractivity contribution in [3.05, 3.63) is 41.5 Å². The van der Waals surface area contributed by atoms with Gasteiger partial charge in [0, 0.05) is 5.37 Å². The predicted octanol–water partition coefficient (Wildman–Crippen LogP) is 4.29. The average molecular weight is 218 g/mol. The normalized spacial score (nSPS) is 11.1. The molecule has 1 heteroatoms. The smallest absolute Gasteiger partial charge is 0.00137 e. The van der Waals surface area contributed by atoms with E-state index in [2.05, 4.69) is 38.1 Å². The van der Waals surface area contributed by atoms with Crippen LogP contribution < -0.4 is 0 Å². The van der Waals surface area contributed by atoms with Crippen LogP contribution in [0, 0.1) is 5.92 Å². The average Bonchev–Trinajstić information content (AvgIpc) is 2.25. The topological polar surface area (TPSA) is 0 Å². The van der Waals surface area contributed by atoms with Crippen LogP contribution in [0.1, 0.15) is 31.4 Å². The first-order valence-electron chi connectivity index (χ1n) is 5.43. The number of allylic oxidation sites excluding steroid dienone is 1. The van der Waals surface area contributed by atoms with E-state index in [1.807, 2.05) is 12.2 Å². The summed E-state index contributed by atoms with van der Waals surface area (Å²) in [5.74, 6) is 0.777. The summed E-state index contributed by atoms with van der Waals surface area (Å²) in [6.07, 6.45) is 6.35. The van der Waals surface area contributed by atoms with Gasteiger partial charge in [0.2, 0.25) is 0 Å². The van der Waals surface area contributed by atoms with Crippen LogP contribution in [0.15, 0.2) is 30.3 Å². The second-order valence-corrected chi connectivity index (χ2v) is 4.44. The summed E-state index contributed by atoms with van der Waals surface area (Å²) < 4.78 is 0. The molecule has 0 saturated carbocycles. The molecular weight excluding hydrogens is 200 g/mol. The molecule has 0 N–H and O–H groups in total. The van der Waals surface area contributed by atoms with Gasteiger partial charge in [0.25, 0.3) is 0 Å². The van der Waals surface area contributed by atoms with Gasteiger partial charge in [0.1, 0.15) is 0 Å². The van der Waals surface area contributed by atoms with E-state index in [4.69, 9.17) is 12.2 Å². The van der Waals surface area contributed by atoms with Crippen LogP contribution in [0.3, 0.4) is 0 Å². The highest BCUT2D eigenvalue weighted by Crippen LogP contribution is 2.11. The Hall–Kier alpha value is -0.950. The van der Waals surface area contributed by atoms with E-state index >= 15 is 0 Å². The van der Waals surface area contributed by atoms with E-state index in [0.717, 1.165) is 5.92 Å². The Balaban J connectivity index is 2.56. The Morgan fingerprint density at radius 1 is 1.20 bits per heavy atom. The van der Waals surface area contributed by atoms with Crippen molar-refractivity contribution in [3.63, 3.8) is 0 Å². The van der Waals surface area contributed by atoms with Crippen LogP contribution in [0.5, 0.6) is 0 Å². The first-order chi connectivity index (χ1) is 7.22. The maximum atomic E-state index is 4.74. The highest BCUT2D eigenvalue weighted by Gasteiger charge is 1.96. The molecule has 0 spiro atoms. The summed E-state index contributed by atoms with van der Waals surface area (Å²) in [6, 6.07) is 8.69. The van der Waals surface area contributed by atoms with Crippen LogP contribution in [0.25, 0.3) is 6.08 Å². The number of thiocarbonyl (C=S) groups is 1. The summed E-state index contributed by atoms with van der Waals surface area (Å²) in [4.78, 5) is 0. The molecule has 0 radical (unpaired) electrons. The first-order valence-corrected chi connectivity index (χ1v) is 5.90. The van der Waals surface area contributed by atoms with Crippen LogP contribution >= 0.6 is 12.2 Å². The molecule has 0 aliphatic heterocycles. The molecule has 0 aromatic heterocycles. The third kappa shape index (κ3) is 4.89. The monoisotopic (exact) mass is 218 g/mol. The van der Waals surface area contributed by atoms with E-state index < -0.39 is 0 Å². The van der Waals surface area contributed by atoms with Gasteiger partial charge in [-0.15, -0.1) is 0 Å². The lowest BCUT2D eigenvalue weighted by molar-refractivity contribution is 0.587. The fourth-order valence-corrected chi connectivity index (χ4v) is 1.48. The minimum atomic E-state index is 0.777. The third-order valence-corrected chi connectivity index (χ3v) is 2.51. The number of rotatable bonds is 5. The van der Waals surface area contributed by atoms with E-state index in [1.165, 1.54) is 24.0 Å². The van der Waals surface area contributed by atoms with E-state index in [1.54, 1.807) is 5.37 Å². The van der Waals surface area contributed by atoms with Crippen LogP contribution in [-0.4, -0.2) is 5.37 Å². The Bertz CT molecular complexity index is 320. The molecule has 1 aromatic rings. The Morgan fingerprint density at radius 3 is 2.40 bits per heavy atom. The lowest BCUT2D eigenvalue weighted by atomic mass is 10.0. The Morgan fingerprint density at radius 2 is 1.87 bits per heavy atom. The fourth-order valence-electron chi connectivity index (χ4n) is 1.40. The van der Waals surface area contributed by atoms with Gasteiger partial charge >= 0.3 is 0 Å². The molecule has 0 bridgehead atoms. The molecule has 0 aliphatic carbocycles. The van der Waals surface area contributed by atoms with Crippen molar-refractivity contribution < 1.29 is 0 Å². The molecular formula is C14H18S. The molecule has 1 aromatic carbocycles. The minimum Gasteiger partial charge on any atom is -0.0887 e. The third-order valence-electron chi connectivity index (χ3n) is 2.36. The van der Waals surface area contributed by atoms with E-state index in [0.29, 0.717) is 0 Å². The molecule has 0 unspecified atom stereocenters. The van der Waals surface area contributed by atoms with Crippen molar-refractivity contribution in [1.82, 2.24) is 0 Å². The summed E-state index contributed by atoms with van der Waals surface area (Å²) >= 11 is 4.74. The molecule has 0 saturated heterocycles. The van der Waals surface area contributed by atoms with Gasteiger partial charge in [-0.25, -0.2) is 0 Å². The summed E-state index contributed by atoms with van der Waals surface area (Å²) in [5, 5.41) is 1.63. The van der Waals surface area contributed by atoms with Gasteiger partial charge in [0.05, 0.1) is 0 Å². The number of hydrogen-bond acceptors (Lipinski definition) is 1. The van der Waals surface area contributed by atoms with Crippen molar-refractivity contribution in [3.8, 4) is 0 Å². The van der Waals surface area contributed by atoms with Crippen molar-refractivity contribution in [2.45, 2.75) is 26.7 Å². The predicted molar refractivity (Wildman–Crippen MR) is 72.3 cm³/mol. The lowest BCUT2D eigenvalue weighted by Gasteiger charge is -2.04. The first kappa shape index (κ1) is 12.1. The second kappa shape index (κ2) is 6.52. The zero-order chi connectivity index (χ0) is 11.1. The maximum Gasteiger partial charge on any atom is 0.00137 e. The fraction of sp³-hybridized carbons (Fsp3) is 0.357. The Kier molecular flexibility index (Phi) is 5.27. The van der Waals surface area contributed by atoms with Gasteiger partial charge in [-0.1, -0.05) is 62.5 Å². The van der Waals surface area contributed by atoms with Gasteiger partial charge in [-0.2, -0.15) is 0 Å². The van der Waals surface area contributed by atoms with E-state index in [-0.39, 0.29) is 0 Å². The maximum absolute atomic E-state index is 4.74. The lowest BCUT2D eigenvalue weighted by Crippen LogP contribution is -1.91. The number of benzene rings is 1. The standard InChI is InChI=1S/C14H18S/c1-12(2)5-6-14-9-7-13(8-10-14)4-3-11-15/h3-4,7-12H,5-6H2,1-2H3. The zero-order valence-corrected chi connectivity index (χ0v) is 10.3. The van der Waals surface area contributed by atoms with Gasteiger partial charge in [-0.3, -0.25) is 0 Å². The highest BCUT2D eigenvalue weighted by molar-refractivity contribution is 7.79. The Labute approximate surface area is 98.0 Å². The zero-order valence-electron chi connectivity index (χ0n) is 9.44. The number of aryl methyl sites for hydroxylation is 1. The number of hydrogen-bond donors (Lipinski definition) is 0. The highest BCUT2D eigenvalue weighted by atomic mass is 32.1. The van der Waals surface area contributed by atoms with Crippen molar-refractivity contribution in [1.29, 1.82) is 0 Å². The molecule has 0 fully saturated rings. The summed E-state index contributed by atoms with van der Waals surface area (Å²) in [5.41, 5.74) is 2.63. The second-order valence-electron chi connectivity index (χ2n) is 4.17. The quantitative estimate of drug-likeness (QED) is 0.525. The van der Waals surface area contributed by atoms with Gasteiger partial charge in [0.15, 0.2) is 0 Å². The molecule has 0 aliphatic rings. The van der Waals surface area contributed by atoms with Gasteiger partial charge in [-0.05, 0) is 29.9 Å². The molecule has 0 heterocycles. The molecule has 0 nitrogen and oxygen atoms in total.